The Morgan fingerprint density at radius 3 is 0.771 bits per heavy atom. The van der Waals surface area contributed by atoms with Gasteiger partial charge in [-0.15, -0.1) is 0 Å². The van der Waals surface area contributed by atoms with Crippen LogP contribution in [0, 0.1) is 0 Å². The molecule has 392 valence electrons. The summed E-state index contributed by atoms with van der Waals surface area (Å²) < 4.78 is 0. The van der Waals surface area contributed by atoms with Crippen LogP contribution < -0.4 is 9.80 Å². The molecule has 0 N–H and O–H groups in total. The highest BCUT2D eigenvalue weighted by atomic mass is 15.1. The van der Waals surface area contributed by atoms with E-state index in [9.17, 15) is 0 Å². The fourth-order valence-electron chi connectivity index (χ4n) is 12.9. The van der Waals surface area contributed by atoms with Crippen molar-refractivity contribution in [1.29, 1.82) is 0 Å². The van der Waals surface area contributed by atoms with Crippen molar-refractivity contribution in [1.82, 2.24) is 0 Å². The molecule has 0 aliphatic heterocycles. The standard InChI is InChI=1S/C81H58N2/c1-81(2)79-52-70(50-51-75(79)78-53-76-73-24-14-12-22-71(73)72-23-13-15-25-74(72)77(76)54-80(78)81)83(68-46-34-62(35-47-68)57-20-10-5-11-21-57)69-48-38-64(39-49-69)59-28-26-58(27-29-59)63-36-44-67(45-37-63)82(65-40-30-60(31-41-65)55-16-6-3-7-17-55)66-42-32-61(33-43-66)56-18-8-4-9-19-56/h3-54H,1-2H3. The highest BCUT2D eigenvalue weighted by Crippen LogP contribution is 2.53. The predicted octanol–water partition coefficient (Wildman–Crippen LogP) is 22.7. The summed E-state index contributed by atoms with van der Waals surface area (Å²) in [5.41, 5.74) is 23.6. The van der Waals surface area contributed by atoms with Gasteiger partial charge in [0.25, 0.3) is 0 Å². The summed E-state index contributed by atoms with van der Waals surface area (Å²) in [4.78, 5) is 4.76. The van der Waals surface area contributed by atoms with Crippen LogP contribution in [-0.4, -0.2) is 0 Å². The van der Waals surface area contributed by atoms with Gasteiger partial charge in [-0.05, 0) is 195 Å². The van der Waals surface area contributed by atoms with Crippen molar-refractivity contribution in [3.05, 3.63) is 327 Å². The van der Waals surface area contributed by atoms with E-state index in [1.807, 2.05) is 0 Å². The highest BCUT2D eigenvalue weighted by molar-refractivity contribution is 6.26. The molecule has 14 aromatic rings. The van der Waals surface area contributed by atoms with Gasteiger partial charge in [-0.3, -0.25) is 0 Å². The molecule has 0 bridgehead atoms. The van der Waals surface area contributed by atoms with Gasteiger partial charge in [-0.25, -0.2) is 0 Å². The molecule has 1 aliphatic carbocycles. The molecule has 0 amide bonds. The van der Waals surface area contributed by atoms with Gasteiger partial charge >= 0.3 is 0 Å². The van der Waals surface area contributed by atoms with E-state index in [0.29, 0.717) is 0 Å². The lowest BCUT2D eigenvalue weighted by molar-refractivity contribution is 0.661. The average molecular weight is 1060 g/mol. The monoisotopic (exact) mass is 1060 g/mol. The number of anilines is 6. The fourth-order valence-corrected chi connectivity index (χ4v) is 12.9. The van der Waals surface area contributed by atoms with E-state index in [4.69, 9.17) is 0 Å². The molecule has 0 aromatic heterocycles. The van der Waals surface area contributed by atoms with Crippen molar-refractivity contribution >= 4 is 66.4 Å². The second kappa shape index (κ2) is 20.5. The summed E-state index contributed by atoms with van der Waals surface area (Å²) >= 11 is 0. The smallest absolute Gasteiger partial charge is 0.0465 e. The molecule has 0 saturated carbocycles. The van der Waals surface area contributed by atoms with Gasteiger partial charge in [0.1, 0.15) is 0 Å². The fraction of sp³-hybridized carbons (Fsp3) is 0.0370. The number of benzene rings is 14. The minimum atomic E-state index is -0.228. The van der Waals surface area contributed by atoms with Crippen LogP contribution in [0.1, 0.15) is 25.0 Å². The molecule has 1 aliphatic rings. The molecular weight excluding hydrogens is 1000 g/mol. The minimum Gasteiger partial charge on any atom is -0.311 e. The number of hydrogen-bond donors (Lipinski definition) is 0. The van der Waals surface area contributed by atoms with Gasteiger partial charge in [-0.2, -0.15) is 0 Å². The summed E-state index contributed by atoms with van der Waals surface area (Å²) in [5, 5.41) is 7.83. The molecule has 0 fully saturated rings. The zero-order valence-electron chi connectivity index (χ0n) is 46.4. The maximum atomic E-state index is 2.50. The summed E-state index contributed by atoms with van der Waals surface area (Å²) in [7, 11) is 0. The number of fused-ring (bicyclic) bond motifs is 9. The van der Waals surface area contributed by atoms with Crippen LogP contribution in [0.4, 0.5) is 34.1 Å². The summed E-state index contributed by atoms with van der Waals surface area (Å²) in [6, 6.07) is 116. The highest BCUT2D eigenvalue weighted by Gasteiger charge is 2.37. The van der Waals surface area contributed by atoms with Crippen molar-refractivity contribution < 1.29 is 0 Å². The summed E-state index contributed by atoms with van der Waals surface area (Å²) in [5.74, 6) is 0. The Labute approximate surface area is 486 Å². The Bertz CT molecular complexity index is 4580. The van der Waals surface area contributed by atoms with Crippen molar-refractivity contribution in [2.24, 2.45) is 0 Å². The van der Waals surface area contributed by atoms with Gasteiger partial charge < -0.3 is 9.80 Å². The van der Waals surface area contributed by atoms with Gasteiger partial charge in [0.2, 0.25) is 0 Å². The lowest BCUT2D eigenvalue weighted by Gasteiger charge is -2.28. The van der Waals surface area contributed by atoms with E-state index >= 15 is 0 Å². The van der Waals surface area contributed by atoms with E-state index in [-0.39, 0.29) is 5.41 Å². The molecule has 0 spiro atoms. The van der Waals surface area contributed by atoms with E-state index in [0.717, 1.165) is 34.1 Å². The topological polar surface area (TPSA) is 6.48 Å². The lowest BCUT2D eigenvalue weighted by atomic mass is 9.81. The number of hydrogen-bond acceptors (Lipinski definition) is 2. The first-order chi connectivity index (χ1) is 40.9. The largest absolute Gasteiger partial charge is 0.311 e. The van der Waals surface area contributed by atoms with Crippen molar-refractivity contribution in [2.45, 2.75) is 19.3 Å². The quantitative estimate of drug-likeness (QED) is 0.119. The van der Waals surface area contributed by atoms with Gasteiger partial charge in [-0.1, -0.05) is 244 Å². The minimum absolute atomic E-state index is 0.228. The van der Waals surface area contributed by atoms with Crippen molar-refractivity contribution in [3.63, 3.8) is 0 Å². The van der Waals surface area contributed by atoms with Crippen LogP contribution in [-0.2, 0) is 5.41 Å². The summed E-state index contributed by atoms with van der Waals surface area (Å²) in [6.07, 6.45) is 0. The van der Waals surface area contributed by atoms with Crippen LogP contribution in [0.25, 0.3) is 99.1 Å². The first-order valence-electron chi connectivity index (χ1n) is 28.8. The summed E-state index contributed by atoms with van der Waals surface area (Å²) in [6.45, 7) is 4.80. The second-order valence-corrected chi connectivity index (χ2v) is 22.5. The SMILES string of the molecule is CC1(C)c2cc(N(c3ccc(-c4ccccc4)cc3)c3ccc(-c4ccc(-c5ccc(N(c6ccc(-c7ccccc7)cc6)c6ccc(-c7ccccc7)cc6)cc5)cc4)cc3)ccc2-c2cc3c4ccccc4c4ccccc4c3cc21. The average Bonchev–Trinajstić information content (AvgIpc) is 3.93. The first kappa shape index (κ1) is 49.5. The van der Waals surface area contributed by atoms with Crippen LogP contribution in [0.2, 0.25) is 0 Å². The molecule has 2 heteroatoms. The third-order valence-electron chi connectivity index (χ3n) is 17.3. The number of rotatable bonds is 11. The zero-order valence-corrected chi connectivity index (χ0v) is 46.4. The molecule has 0 unspecified atom stereocenters. The third-order valence-corrected chi connectivity index (χ3v) is 17.3. The normalized spacial score (nSPS) is 12.3. The molecule has 0 heterocycles. The van der Waals surface area contributed by atoms with Crippen molar-refractivity contribution in [3.8, 4) is 66.8 Å². The lowest BCUT2D eigenvalue weighted by Crippen LogP contribution is -2.16. The first-order valence-corrected chi connectivity index (χ1v) is 28.8. The molecule has 0 saturated heterocycles. The van der Waals surface area contributed by atoms with E-state index in [1.165, 1.54) is 110 Å². The zero-order chi connectivity index (χ0) is 55.4. The van der Waals surface area contributed by atoms with Gasteiger partial charge in [0.15, 0.2) is 0 Å². The van der Waals surface area contributed by atoms with Crippen LogP contribution in [0.3, 0.4) is 0 Å². The molecule has 0 radical (unpaired) electrons. The second-order valence-electron chi connectivity index (χ2n) is 22.5. The number of nitrogens with zero attached hydrogens (tertiary/aromatic N) is 2. The Hall–Kier alpha value is -10.5. The molecule has 14 aromatic carbocycles. The Morgan fingerprint density at radius 1 is 0.193 bits per heavy atom. The van der Waals surface area contributed by atoms with Gasteiger partial charge in [0, 0.05) is 39.5 Å². The van der Waals surface area contributed by atoms with E-state index < -0.39 is 0 Å². The maximum absolute atomic E-state index is 2.50. The molecule has 2 nitrogen and oxygen atoms in total. The molecule has 15 rings (SSSR count). The van der Waals surface area contributed by atoms with E-state index in [2.05, 4.69) is 339 Å². The van der Waals surface area contributed by atoms with Crippen LogP contribution in [0.15, 0.2) is 315 Å². The van der Waals surface area contributed by atoms with Gasteiger partial charge in [0.05, 0.1) is 0 Å². The molecular formula is C81H58N2. The molecule has 83 heavy (non-hydrogen) atoms. The Kier molecular flexibility index (Phi) is 12.2. The van der Waals surface area contributed by atoms with Crippen molar-refractivity contribution in [2.75, 3.05) is 9.80 Å². The molecule has 0 atom stereocenters. The van der Waals surface area contributed by atoms with Crippen LogP contribution in [0.5, 0.6) is 0 Å². The Morgan fingerprint density at radius 2 is 0.434 bits per heavy atom. The van der Waals surface area contributed by atoms with Crippen LogP contribution >= 0.6 is 0 Å². The maximum Gasteiger partial charge on any atom is 0.0465 e. The Balaban J connectivity index is 0.738. The van der Waals surface area contributed by atoms with E-state index in [1.54, 1.807) is 0 Å². The third kappa shape index (κ3) is 8.93. The predicted molar refractivity (Wildman–Crippen MR) is 353 cm³/mol.